The topological polar surface area (TPSA) is 117 Å². The summed E-state index contributed by atoms with van der Waals surface area (Å²) in [4.78, 5) is 12.9. The van der Waals surface area contributed by atoms with E-state index in [2.05, 4.69) is 26.8 Å². The summed E-state index contributed by atoms with van der Waals surface area (Å²) in [5, 5.41) is 15.9. The molecule has 8 nitrogen and oxygen atoms in total. The molecule has 0 bridgehead atoms. The summed E-state index contributed by atoms with van der Waals surface area (Å²) in [6.45, 7) is 10.7. The fourth-order valence-corrected chi connectivity index (χ4v) is 4.35. The number of aromatic nitrogens is 2. The van der Waals surface area contributed by atoms with Crippen LogP contribution in [0.15, 0.2) is 46.1 Å². The third-order valence-corrected chi connectivity index (χ3v) is 6.54. The number of imidazole rings is 1. The van der Waals surface area contributed by atoms with Crippen molar-refractivity contribution in [2.45, 2.75) is 70.5 Å². The van der Waals surface area contributed by atoms with Crippen molar-refractivity contribution >= 4 is 21.1 Å². The van der Waals surface area contributed by atoms with Gasteiger partial charge in [-0.15, -0.1) is 0 Å². The number of fused-ring (bicyclic) bond motifs is 1. The number of sulfonamides is 1. The Kier molecular flexibility index (Phi) is 7.07. The third kappa shape index (κ3) is 5.48. The lowest BCUT2D eigenvalue weighted by molar-refractivity contribution is 0.0921. The smallest absolute Gasteiger partial charge is 0.329 e. The van der Waals surface area contributed by atoms with E-state index in [1.54, 1.807) is 10.6 Å². The number of aliphatic hydroxyl groups excluding tert-OH is 1. The highest BCUT2D eigenvalue weighted by Gasteiger charge is 2.20. The normalized spacial score (nSPS) is 13.4. The minimum absolute atomic E-state index is 0.0164. The maximum absolute atomic E-state index is 13.0. The quantitative estimate of drug-likeness (QED) is 0.520. The van der Waals surface area contributed by atoms with Crippen LogP contribution in [0.3, 0.4) is 0 Å². The molecule has 0 saturated heterocycles. The average Bonchev–Trinajstić information content (AvgIpc) is 2.97. The molecule has 0 aliphatic rings. The van der Waals surface area contributed by atoms with Gasteiger partial charge in [0.25, 0.3) is 0 Å². The maximum Gasteiger partial charge on any atom is 0.329 e. The summed E-state index contributed by atoms with van der Waals surface area (Å²) in [5.41, 5.74) is 2.86. The van der Waals surface area contributed by atoms with Gasteiger partial charge >= 0.3 is 5.69 Å². The van der Waals surface area contributed by atoms with Gasteiger partial charge in [0, 0.05) is 6.54 Å². The van der Waals surface area contributed by atoms with Crippen LogP contribution in [0.1, 0.15) is 45.2 Å². The minimum atomic E-state index is -3.93. The number of hydrogen-bond donors (Lipinski definition) is 2. The lowest BCUT2D eigenvalue weighted by atomic mass is 9.86. The van der Waals surface area contributed by atoms with Crippen molar-refractivity contribution in [1.29, 1.82) is 0 Å². The first-order chi connectivity index (χ1) is 15.3. The molecular formula is C24H33N3O5S. The Labute approximate surface area is 194 Å². The molecule has 180 valence electrons. The molecule has 33 heavy (non-hydrogen) atoms. The minimum Gasteiger partial charge on any atom is -0.491 e. The second-order valence-corrected chi connectivity index (χ2v) is 11.0. The van der Waals surface area contributed by atoms with Gasteiger partial charge in [-0.1, -0.05) is 39.8 Å². The Balaban J connectivity index is 1.86. The van der Waals surface area contributed by atoms with Crippen LogP contribution in [-0.4, -0.2) is 35.4 Å². The van der Waals surface area contributed by atoms with E-state index in [0.717, 1.165) is 12.0 Å². The van der Waals surface area contributed by atoms with Crippen molar-refractivity contribution in [3.05, 3.63) is 58.0 Å². The van der Waals surface area contributed by atoms with Crippen LogP contribution in [0.4, 0.5) is 0 Å². The number of aliphatic hydroxyl groups is 1. The van der Waals surface area contributed by atoms with E-state index in [-0.39, 0.29) is 29.2 Å². The summed E-state index contributed by atoms with van der Waals surface area (Å²) in [6, 6.07) is 10.3. The maximum atomic E-state index is 13.0. The van der Waals surface area contributed by atoms with Gasteiger partial charge in [-0.3, -0.25) is 9.13 Å². The molecule has 0 aliphatic heterocycles. The van der Waals surface area contributed by atoms with Gasteiger partial charge in [0.2, 0.25) is 10.0 Å². The Bertz CT molecular complexity index is 1320. The largest absolute Gasteiger partial charge is 0.491 e. The molecule has 0 saturated carbocycles. The number of ether oxygens (including phenoxy) is 1. The molecule has 1 atom stereocenters. The molecular weight excluding hydrogens is 442 g/mol. The second kappa shape index (κ2) is 9.32. The van der Waals surface area contributed by atoms with Crippen molar-refractivity contribution in [1.82, 2.24) is 9.13 Å². The van der Waals surface area contributed by atoms with E-state index < -0.39 is 16.1 Å². The van der Waals surface area contributed by atoms with Crippen molar-refractivity contribution in [3.63, 3.8) is 0 Å². The lowest BCUT2D eigenvalue weighted by Crippen LogP contribution is -2.31. The molecule has 3 aromatic rings. The molecule has 2 aromatic carbocycles. The summed E-state index contributed by atoms with van der Waals surface area (Å²) < 4.78 is 32.4. The Morgan fingerprint density at radius 1 is 1.09 bits per heavy atom. The number of hydrogen-bond acceptors (Lipinski definition) is 5. The molecule has 3 rings (SSSR count). The molecule has 0 spiro atoms. The Hall–Kier alpha value is -2.62. The summed E-state index contributed by atoms with van der Waals surface area (Å²) in [6.07, 6.45) is -0.255. The number of benzene rings is 2. The fraction of sp³-hybridized carbons (Fsp3) is 0.458. The van der Waals surface area contributed by atoms with Crippen molar-refractivity contribution < 1.29 is 18.3 Å². The molecule has 0 unspecified atom stereocenters. The molecule has 0 radical (unpaired) electrons. The highest BCUT2D eigenvalue weighted by atomic mass is 32.2. The van der Waals surface area contributed by atoms with Gasteiger partial charge in [-0.05, 0) is 54.2 Å². The average molecular weight is 476 g/mol. The van der Waals surface area contributed by atoms with Crippen LogP contribution in [0.2, 0.25) is 0 Å². The van der Waals surface area contributed by atoms with Crippen LogP contribution in [-0.2, 0) is 28.5 Å². The van der Waals surface area contributed by atoms with Crippen LogP contribution in [0.5, 0.6) is 5.75 Å². The van der Waals surface area contributed by atoms with Crippen LogP contribution in [0, 0.1) is 6.92 Å². The van der Waals surface area contributed by atoms with Gasteiger partial charge in [-0.2, -0.15) is 0 Å². The SMILES string of the molecule is CCCn1c(=O)n(C[C@@H](O)COc2ccc(C(C)(C)C)cc2C)c2cc(S(N)(=O)=O)ccc21. The van der Waals surface area contributed by atoms with Gasteiger partial charge in [-0.25, -0.2) is 18.4 Å². The number of nitrogens with zero attached hydrogens (tertiary/aromatic N) is 2. The monoisotopic (exact) mass is 475 g/mol. The second-order valence-electron chi connectivity index (χ2n) is 9.44. The van der Waals surface area contributed by atoms with E-state index in [1.165, 1.54) is 22.3 Å². The van der Waals surface area contributed by atoms with E-state index in [9.17, 15) is 18.3 Å². The molecule has 1 aromatic heterocycles. The zero-order valence-electron chi connectivity index (χ0n) is 19.8. The lowest BCUT2D eigenvalue weighted by Gasteiger charge is -2.21. The van der Waals surface area contributed by atoms with Crippen molar-refractivity contribution in [2.24, 2.45) is 5.14 Å². The van der Waals surface area contributed by atoms with E-state index in [1.807, 2.05) is 26.0 Å². The summed E-state index contributed by atoms with van der Waals surface area (Å²) >= 11 is 0. The van der Waals surface area contributed by atoms with Gasteiger partial charge in [0.1, 0.15) is 18.5 Å². The predicted molar refractivity (Wildman–Crippen MR) is 129 cm³/mol. The Morgan fingerprint density at radius 3 is 2.36 bits per heavy atom. The molecule has 0 amide bonds. The number of nitrogens with two attached hydrogens (primary N) is 1. The third-order valence-electron chi connectivity index (χ3n) is 5.63. The highest BCUT2D eigenvalue weighted by molar-refractivity contribution is 7.89. The van der Waals surface area contributed by atoms with Crippen LogP contribution in [0.25, 0.3) is 11.0 Å². The summed E-state index contributed by atoms with van der Waals surface area (Å²) in [5.74, 6) is 0.666. The zero-order chi connectivity index (χ0) is 24.6. The van der Waals surface area contributed by atoms with Crippen LogP contribution < -0.4 is 15.6 Å². The van der Waals surface area contributed by atoms with Gasteiger partial charge in [0.05, 0.1) is 22.5 Å². The molecule has 0 fully saturated rings. The van der Waals surface area contributed by atoms with E-state index >= 15 is 0 Å². The summed E-state index contributed by atoms with van der Waals surface area (Å²) in [7, 11) is -3.93. The highest BCUT2D eigenvalue weighted by Crippen LogP contribution is 2.27. The number of primary sulfonamides is 1. The van der Waals surface area contributed by atoms with Crippen LogP contribution >= 0.6 is 0 Å². The number of rotatable bonds is 8. The fourth-order valence-electron chi connectivity index (χ4n) is 3.82. The van der Waals surface area contributed by atoms with E-state index in [4.69, 9.17) is 9.88 Å². The van der Waals surface area contributed by atoms with Gasteiger partial charge in [0.15, 0.2) is 0 Å². The Morgan fingerprint density at radius 2 is 1.79 bits per heavy atom. The molecule has 9 heteroatoms. The number of aryl methyl sites for hydroxylation is 2. The first-order valence-electron chi connectivity index (χ1n) is 11.0. The van der Waals surface area contributed by atoms with Crippen molar-refractivity contribution in [2.75, 3.05) is 6.61 Å². The standard InChI is InChI=1S/C24H33N3O5S/c1-6-11-26-20-9-8-19(33(25,30)31)13-21(20)27(23(26)29)14-18(28)15-32-22-10-7-17(12-16(22)2)24(3,4)5/h7-10,12-13,18,28H,6,11,14-15H2,1-5H3,(H2,25,30,31)/t18-/m1/s1. The molecule has 1 heterocycles. The van der Waals surface area contributed by atoms with Crippen molar-refractivity contribution in [3.8, 4) is 5.75 Å². The zero-order valence-corrected chi connectivity index (χ0v) is 20.6. The first-order valence-corrected chi connectivity index (χ1v) is 12.6. The molecule has 3 N–H and O–H groups in total. The molecule has 0 aliphatic carbocycles. The van der Waals surface area contributed by atoms with E-state index in [0.29, 0.717) is 23.3 Å². The predicted octanol–water partition coefficient (Wildman–Crippen LogP) is 2.91. The van der Waals surface area contributed by atoms with Gasteiger partial charge < -0.3 is 9.84 Å². The first kappa shape index (κ1) is 25.0.